The number of amides is 1. The van der Waals surface area contributed by atoms with Crippen LogP contribution in [0.5, 0.6) is 0 Å². The van der Waals surface area contributed by atoms with Gasteiger partial charge in [0.05, 0.1) is 6.54 Å². The SMILES string of the molecule is CN(CC(=O)NNc1ccccn1)CC1CCCN1. The van der Waals surface area contributed by atoms with Gasteiger partial charge in [-0.3, -0.25) is 20.5 Å². The van der Waals surface area contributed by atoms with Crippen LogP contribution >= 0.6 is 0 Å². The van der Waals surface area contributed by atoms with Crippen LogP contribution < -0.4 is 16.2 Å². The molecule has 1 aromatic heterocycles. The van der Waals surface area contributed by atoms with Gasteiger partial charge in [0.25, 0.3) is 5.91 Å². The van der Waals surface area contributed by atoms with Crippen LogP contribution in [0.25, 0.3) is 0 Å². The standard InChI is InChI=1S/C13H21N5O/c1-18(9-11-5-4-8-14-11)10-13(19)17-16-12-6-2-3-7-15-12/h2-3,6-7,11,14H,4-5,8-10H2,1H3,(H,15,16)(H,17,19). The molecular formula is C13H21N5O. The highest BCUT2D eigenvalue weighted by Gasteiger charge is 2.17. The lowest BCUT2D eigenvalue weighted by molar-refractivity contribution is -0.121. The Hall–Kier alpha value is -1.66. The topological polar surface area (TPSA) is 69.3 Å². The van der Waals surface area contributed by atoms with E-state index >= 15 is 0 Å². The van der Waals surface area contributed by atoms with E-state index in [2.05, 4.69) is 21.2 Å². The maximum Gasteiger partial charge on any atom is 0.252 e. The zero-order valence-corrected chi connectivity index (χ0v) is 11.2. The van der Waals surface area contributed by atoms with Gasteiger partial charge in [-0.05, 0) is 38.6 Å². The summed E-state index contributed by atoms with van der Waals surface area (Å²) in [6.07, 6.45) is 4.09. The lowest BCUT2D eigenvalue weighted by atomic mass is 10.2. The van der Waals surface area contributed by atoms with Crippen molar-refractivity contribution in [2.24, 2.45) is 0 Å². The maximum atomic E-state index is 11.7. The summed E-state index contributed by atoms with van der Waals surface area (Å²) in [5.41, 5.74) is 5.43. The molecule has 2 rings (SSSR count). The minimum Gasteiger partial charge on any atom is -0.313 e. The molecule has 104 valence electrons. The second-order valence-electron chi connectivity index (χ2n) is 4.88. The molecule has 3 N–H and O–H groups in total. The normalized spacial score (nSPS) is 18.5. The van der Waals surface area contributed by atoms with Gasteiger partial charge < -0.3 is 5.32 Å². The molecule has 1 atom stereocenters. The van der Waals surface area contributed by atoms with Gasteiger partial charge in [-0.2, -0.15) is 0 Å². The zero-order chi connectivity index (χ0) is 13.5. The number of aromatic nitrogens is 1. The minimum atomic E-state index is -0.0637. The second-order valence-corrected chi connectivity index (χ2v) is 4.88. The summed E-state index contributed by atoms with van der Waals surface area (Å²) in [5.74, 6) is 0.571. The average Bonchev–Trinajstić information content (AvgIpc) is 2.90. The van der Waals surface area contributed by atoms with E-state index in [1.54, 1.807) is 12.3 Å². The van der Waals surface area contributed by atoms with Crippen LogP contribution in [0, 0.1) is 0 Å². The number of hydrogen-bond donors (Lipinski definition) is 3. The molecular weight excluding hydrogens is 242 g/mol. The maximum absolute atomic E-state index is 11.7. The summed E-state index contributed by atoms with van der Waals surface area (Å²) >= 11 is 0. The first-order valence-electron chi connectivity index (χ1n) is 6.62. The Morgan fingerprint density at radius 1 is 1.58 bits per heavy atom. The first-order valence-corrected chi connectivity index (χ1v) is 6.62. The molecule has 1 saturated heterocycles. The summed E-state index contributed by atoms with van der Waals surface area (Å²) in [4.78, 5) is 17.8. The number of anilines is 1. The second kappa shape index (κ2) is 7.06. The van der Waals surface area contributed by atoms with Gasteiger partial charge in [0.2, 0.25) is 0 Å². The number of rotatable bonds is 6. The summed E-state index contributed by atoms with van der Waals surface area (Å²) < 4.78 is 0. The zero-order valence-electron chi connectivity index (χ0n) is 11.2. The van der Waals surface area contributed by atoms with Crippen molar-refractivity contribution in [1.82, 2.24) is 20.6 Å². The molecule has 0 aromatic carbocycles. The molecule has 0 bridgehead atoms. The summed E-state index contributed by atoms with van der Waals surface area (Å²) in [7, 11) is 1.96. The number of pyridine rings is 1. The predicted octanol–water partition coefficient (Wildman–Crippen LogP) is 0.208. The van der Waals surface area contributed by atoms with Gasteiger partial charge in [-0.15, -0.1) is 0 Å². The van der Waals surface area contributed by atoms with Crippen LogP contribution in [0.15, 0.2) is 24.4 Å². The Morgan fingerprint density at radius 3 is 3.16 bits per heavy atom. The Kier molecular flexibility index (Phi) is 5.11. The van der Waals surface area contributed by atoms with Crippen LogP contribution in [0.2, 0.25) is 0 Å². The van der Waals surface area contributed by atoms with Crippen molar-refractivity contribution in [3.05, 3.63) is 24.4 Å². The van der Waals surface area contributed by atoms with E-state index in [4.69, 9.17) is 0 Å². The van der Waals surface area contributed by atoms with Crippen molar-refractivity contribution in [2.45, 2.75) is 18.9 Å². The van der Waals surface area contributed by atoms with Crippen molar-refractivity contribution in [2.75, 3.05) is 32.1 Å². The van der Waals surface area contributed by atoms with E-state index in [-0.39, 0.29) is 5.91 Å². The Balaban J connectivity index is 1.66. The molecule has 1 aromatic rings. The van der Waals surface area contributed by atoms with Crippen molar-refractivity contribution in [1.29, 1.82) is 0 Å². The molecule has 1 fully saturated rings. The predicted molar refractivity (Wildman–Crippen MR) is 74.5 cm³/mol. The lowest BCUT2D eigenvalue weighted by Gasteiger charge is -2.20. The number of likely N-dealkylation sites (N-methyl/N-ethyl adjacent to an activating group) is 1. The third-order valence-electron chi connectivity index (χ3n) is 3.10. The molecule has 1 aliphatic rings. The third kappa shape index (κ3) is 4.84. The van der Waals surface area contributed by atoms with E-state index < -0.39 is 0 Å². The molecule has 0 spiro atoms. The number of nitrogens with zero attached hydrogens (tertiary/aromatic N) is 2. The number of carbonyl (C=O) groups excluding carboxylic acids is 1. The van der Waals surface area contributed by atoms with Gasteiger partial charge in [0, 0.05) is 18.8 Å². The third-order valence-corrected chi connectivity index (χ3v) is 3.10. The van der Waals surface area contributed by atoms with Crippen molar-refractivity contribution in [3.63, 3.8) is 0 Å². The lowest BCUT2D eigenvalue weighted by Crippen LogP contribution is -2.42. The number of nitrogens with one attached hydrogen (secondary N) is 3. The van der Waals surface area contributed by atoms with Crippen LogP contribution in [-0.2, 0) is 4.79 Å². The highest BCUT2D eigenvalue weighted by Crippen LogP contribution is 2.05. The largest absolute Gasteiger partial charge is 0.313 e. The van der Waals surface area contributed by atoms with Crippen molar-refractivity contribution in [3.8, 4) is 0 Å². The summed E-state index contributed by atoms with van der Waals surface area (Å²) in [6.45, 7) is 2.36. The molecule has 0 radical (unpaired) electrons. The van der Waals surface area contributed by atoms with E-state index in [1.165, 1.54) is 12.8 Å². The van der Waals surface area contributed by atoms with Crippen LogP contribution in [0.3, 0.4) is 0 Å². The number of carbonyl (C=O) groups is 1. The van der Waals surface area contributed by atoms with Crippen molar-refractivity contribution < 1.29 is 4.79 Å². The van der Waals surface area contributed by atoms with E-state index in [9.17, 15) is 4.79 Å². The highest BCUT2D eigenvalue weighted by molar-refractivity contribution is 5.79. The number of hydrazine groups is 1. The van der Waals surface area contributed by atoms with Gasteiger partial charge in [-0.25, -0.2) is 4.98 Å². The molecule has 1 amide bonds. The fourth-order valence-corrected chi connectivity index (χ4v) is 2.21. The Bertz CT molecular complexity index is 391. The average molecular weight is 263 g/mol. The Morgan fingerprint density at radius 2 is 2.47 bits per heavy atom. The summed E-state index contributed by atoms with van der Waals surface area (Å²) in [6, 6.07) is 6.00. The summed E-state index contributed by atoms with van der Waals surface area (Å²) in [5, 5.41) is 3.42. The van der Waals surface area contributed by atoms with E-state index in [0.717, 1.165) is 13.1 Å². The smallest absolute Gasteiger partial charge is 0.252 e. The molecule has 6 heteroatoms. The molecule has 1 unspecified atom stereocenters. The van der Waals surface area contributed by atoms with Gasteiger partial charge >= 0.3 is 0 Å². The molecule has 6 nitrogen and oxygen atoms in total. The first kappa shape index (κ1) is 13.8. The quantitative estimate of drug-likeness (QED) is 0.640. The van der Waals surface area contributed by atoms with E-state index in [0.29, 0.717) is 18.4 Å². The fourth-order valence-electron chi connectivity index (χ4n) is 2.21. The van der Waals surface area contributed by atoms with Gasteiger partial charge in [-0.1, -0.05) is 6.07 Å². The molecule has 0 saturated carbocycles. The minimum absolute atomic E-state index is 0.0637. The molecule has 1 aliphatic heterocycles. The monoisotopic (exact) mass is 263 g/mol. The van der Waals surface area contributed by atoms with Crippen LogP contribution in [0.4, 0.5) is 5.82 Å². The van der Waals surface area contributed by atoms with Gasteiger partial charge in [0.15, 0.2) is 0 Å². The first-order chi connectivity index (χ1) is 9.24. The number of hydrogen-bond acceptors (Lipinski definition) is 5. The fraction of sp³-hybridized carbons (Fsp3) is 0.538. The molecule has 19 heavy (non-hydrogen) atoms. The van der Waals surface area contributed by atoms with E-state index in [1.807, 2.05) is 24.1 Å². The van der Waals surface area contributed by atoms with Crippen LogP contribution in [-0.4, -0.2) is 48.5 Å². The highest BCUT2D eigenvalue weighted by atomic mass is 16.2. The molecule has 2 heterocycles. The molecule has 0 aliphatic carbocycles. The Labute approximate surface area is 113 Å². The van der Waals surface area contributed by atoms with Gasteiger partial charge in [0.1, 0.15) is 5.82 Å². The van der Waals surface area contributed by atoms with Crippen LogP contribution in [0.1, 0.15) is 12.8 Å². The van der Waals surface area contributed by atoms with Crippen molar-refractivity contribution >= 4 is 11.7 Å².